The fourth-order valence-corrected chi connectivity index (χ4v) is 2.77. The summed E-state index contributed by atoms with van der Waals surface area (Å²) in [7, 11) is 1.67. The van der Waals surface area contributed by atoms with E-state index in [1.807, 2.05) is 48.5 Å². The first-order valence-electron chi connectivity index (χ1n) is 7.56. The van der Waals surface area contributed by atoms with Gasteiger partial charge in [-0.25, -0.2) is 4.98 Å². The van der Waals surface area contributed by atoms with Gasteiger partial charge in [-0.2, -0.15) is 0 Å². The molecule has 0 amide bonds. The van der Waals surface area contributed by atoms with E-state index < -0.39 is 0 Å². The van der Waals surface area contributed by atoms with Gasteiger partial charge in [-0.3, -0.25) is 0 Å². The molecule has 3 nitrogen and oxygen atoms in total. The minimum atomic E-state index is 0.842. The minimum absolute atomic E-state index is 0.842. The lowest BCUT2D eigenvalue weighted by Crippen LogP contribution is -2.01. The van der Waals surface area contributed by atoms with E-state index in [2.05, 4.69) is 6.92 Å². The van der Waals surface area contributed by atoms with Gasteiger partial charge in [0.25, 0.3) is 0 Å². The Morgan fingerprint density at radius 1 is 1.05 bits per heavy atom. The van der Waals surface area contributed by atoms with Gasteiger partial charge in [-0.1, -0.05) is 31.5 Å². The number of hydrogen-bond donors (Lipinski definition) is 1. The van der Waals surface area contributed by atoms with Crippen molar-refractivity contribution in [2.75, 3.05) is 12.8 Å². The van der Waals surface area contributed by atoms with Crippen molar-refractivity contribution in [3.8, 4) is 17.0 Å². The molecule has 3 aromatic rings. The number of fused-ring (bicyclic) bond motifs is 1. The molecule has 0 aliphatic rings. The molecule has 0 bridgehead atoms. The van der Waals surface area contributed by atoms with Crippen LogP contribution >= 0.6 is 0 Å². The Labute approximate surface area is 130 Å². The van der Waals surface area contributed by atoms with Crippen molar-refractivity contribution >= 4 is 16.6 Å². The van der Waals surface area contributed by atoms with E-state index in [9.17, 15) is 0 Å². The van der Waals surface area contributed by atoms with Crippen LogP contribution in [0.3, 0.4) is 0 Å². The molecule has 0 fully saturated rings. The summed E-state index contributed by atoms with van der Waals surface area (Å²) in [5.41, 5.74) is 11.4. The van der Waals surface area contributed by atoms with Gasteiger partial charge in [-0.05, 0) is 36.8 Å². The van der Waals surface area contributed by atoms with Crippen LogP contribution in [0.1, 0.15) is 18.9 Å². The zero-order valence-corrected chi connectivity index (χ0v) is 13.0. The first kappa shape index (κ1) is 14.4. The van der Waals surface area contributed by atoms with E-state index in [0.29, 0.717) is 0 Å². The van der Waals surface area contributed by atoms with Crippen molar-refractivity contribution in [1.82, 2.24) is 4.98 Å². The summed E-state index contributed by atoms with van der Waals surface area (Å²) in [6, 6.07) is 16.0. The predicted molar refractivity (Wildman–Crippen MR) is 92.1 cm³/mol. The van der Waals surface area contributed by atoms with Crippen molar-refractivity contribution < 1.29 is 4.74 Å². The molecule has 2 N–H and O–H groups in total. The molecule has 2 aromatic carbocycles. The molecule has 0 saturated carbocycles. The maximum Gasteiger partial charge on any atom is 0.118 e. The van der Waals surface area contributed by atoms with Gasteiger partial charge < -0.3 is 10.5 Å². The number of nitrogens with two attached hydrogens (primary N) is 1. The average molecular weight is 292 g/mol. The quantitative estimate of drug-likeness (QED) is 0.773. The maximum atomic E-state index is 6.43. The molecule has 3 heteroatoms. The van der Waals surface area contributed by atoms with Gasteiger partial charge in [-0.15, -0.1) is 0 Å². The third-order valence-electron chi connectivity index (χ3n) is 3.90. The van der Waals surface area contributed by atoms with Crippen molar-refractivity contribution in [3.63, 3.8) is 0 Å². The Balaban J connectivity index is 2.23. The number of hydrogen-bond acceptors (Lipinski definition) is 3. The first-order valence-corrected chi connectivity index (χ1v) is 7.56. The summed E-state index contributed by atoms with van der Waals surface area (Å²) in [5.74, 6) is 0.842. The van der Waals surface area contributed by atoms with Crippen molar-refractivity contribution in [2.45, 2.75) is 19.8 Å². The lowest BCUT2D eigenvalue weighted by Gasteiger charge is -2.14. The number of nitrogen functional groups attached to an aromatic ring is 1. The standard InChI is InChI=1S/C19H20N2O/c1-3-6-16-18(20)15-7-4-5-8-17(15)21-19(16)13-9-11-14(22-2)12-10-13/h4-5,7-12H,3,6H2,1-2H3,(H2,20,21). The third-order valence-corrected chi connectivity index (χ3v) is 3.90. The molecular formula is C19H20N2O. The number of pyridine rings is 1. The van der Waals surface area contributed by atoms with Crippen LogP contribution in [0.2, 0.25) is 0 Å². The fraction of sp³-hybridized carbons (Fsp3) is 0.211. The summed E-state index contributed by atoms with van der Waals surface area (Å²) in [4.78, 5) is 4.86. The van der Waals surface area contributed by atoms with Crippen LogP contribution < -0.4 is 10.5 Å². The van der Waals surface area contributed by atoms with E-state index in [1.54, 1.807) is 7.11 Å². The number of nitrogens with zero attached hydrogens (tertiary/aromatic N) is 1. The molecule has 0 aliphatic heterocycles. The molecule has 1 heterocycles. The highest BCUT2D eigenvalue weighted by Crippen LogP contribution is 2.33. The van der Waals surface area contributed by atoms with Crippen molar-refractivity contribution in [3.05, 3.63) is 54.1 Å². The summed E-state index contributed by atoms with van der Waals surface area (Å²) in [6.07, 6.45) is 1.96. The number of methoxy groups -OCH3 is 1. The third kappa shape index (κ3) is 2.50. The van der Waals surface area contributed by atoms with Crippen LogP contribution in [0.25, 0.3) is 22.2 Å². The largest absolute Gasteiger partial charge is 0.497 e. The molecule has 22 heavy (non-hydrogen) atoms. The van der Waals surface area contributed by atoms with E-state index in [1.165, 1.54) is 0 Å². The fourth-order valence-electron chi connectivity index (χ4n) is 2.77. The Kier molecular flexibility index (Phi) is 3.96. The summed E-state index contributed by atoms with van der Waals surface area (Å²) in [6.45, 7) is 2.16. The summed E-state index contributed by atoms with van der Waals surface area (Å²) < 4.78 is 5.23. The van der Waals surface area contributed by atoms with Gasteiger partial charge in [0, 0.05) is 22.2 Å². The zero-order chi connectivity index (χ0) is 15.5. The molecule has 0 spiro atoms. The second kappa shape index (κ2) is 6.06. The number of para-hydroxylation sites is 1. The van der Waals surface area contributed by atoms with Crippen LogP contribution in [0, 0.1) is 0 Å². The number of anilines is 1. The van der Waals surface area contributed by atoms with Gasteiger partial charge >= 0.3 is 0 Å². The molecule has 3 rings (SSSR count). The lowest BCUT2D eigenvalue weighted by atomic mass is 9.98. The SMILES string of the molecule is CCCc1c(-c2ccc(OC)cc2)nc2ccccc2c1N. The average Bonchev–Trinajstić information content (AvgIpc) is 2.57. The molecule has 0 saturated heterocycles. The van der Waals surface area contributed by atoms with E-state index in [0.717, 1.165) is 52.0 Å². The van der Waals surface area contributed by atoms with E-state index in [-0.39, 0.29) is 0 Å². The maximum absolute atomic E-state index is 6.43. The monoisotopic (exact) mass is 292 g/mol. The number of aromatic nitrogens is 1. The van der Waals surface area contributed by atoms with Gasteiger partial charge in [0.05, 0.1) is 18.3 Å². The molecule has 0 atom stereocenters. The highest BCUT2D eigenvalue weighted by atomic mass is 16.5. The molecule has 1 aromatic heterocycles. The predicted octanol–water partition coefficient (Wildman–Crippen LogP) is 4.45. The van der Waals surface area contributed by atoms with Crippen LogP contribution in [0.5, 0.6) is 5.75 Å². The zero-order valence-electron chi connectivity index (χ0n) is 13.0. The van der Waals surface area contributed by atoms with E-state index >= 15 is 0 Å². The second-order valence-electron chi connectivity index (χ2n) is 5.35. The Morgan fingerprint density at radius 2 is 1.77 bits per heavy atom. The second-order valence-corrected chi connectivity index (χ2v) is 5.35. The Hall–Kier alpha value is -2.55. The Morgan fingerprint density at radius 3 is 2.45 bits per heavy atom. The first-order chi connectivity index (χ1) is 10.7. The van der Waals surface area contributed by atoms with Crippen LogP contribution in [-0.4, -0.2) is 12.1 Å². The van der Waals surface area contributed by atoms with Crippen LogP contribution in [-0.2, 0) is 6.42 Å². The lowest BCUT2D eigenvalue weighted by molar-refractivity contribution is 0.415. The van der Waals surface area contributed by atoms with Gasteiger partial charge in [0.15, 0.2) is 0 Å². The van der Waals surface area contributed by atoms with Gasteiger partial charge in [0.2, 0.25) is 0 Å². The molecular weight excluding hydrogens is 272 g/mol. The van der Waals surface area contributed by atoms with Crippen LogP contribution in [0.4, 0.5) is 5.69 Å². The number of benzene rings is 2. The topological polar surface area (TPSA) is 48.1 Å². The van der Waals surface area contributed by atoms with Gasteiger partial charge in [0.1, 0.15) is 5.75 Å². The normalized spacial score (nSPS) is 10.8. The van der Waals surface area contributed by atoms with Crippen molar-refractivity contribution in [2.24, 2.45) is 0 Å². The highest BCUT2D eigenvalue weighted by molar-refractivity contribution is 5.95. The summed E-state index contributed by atoms with van der Waals surface area (Å²) in [5, 5.41) is 1.03. The number of ether oxygens (including phenoxy) is 1. The van der Waals surface area contributed by atoms with E-state index in [4.69, 9.17) is 15.5 Å². The smallest absolute Gasteiger partial charge is 0.118 e. The highest BCUT2D eigenvalue weighted by Gasteiger charge is 2.13. The molecule has 0 aliphatic carbocycles. The molecule has 0 radical (unpaired) electrons. The van der Waals surface area contributed by atoms with Crippen molar-refractivity contribution in [1.29, 1.82) is 0 Å². The molecule has 0 unspecified atom stereocenters. The summed E-state index contributed by atoms with van der Waals surface area (Å²) >= 11 is 0. The minimum Gasteiger partial charge on any atom is -0.497 e. The van der Waals surface area contributed by atoms with Crippen LogP contribution in [0.15, 0.2) is 48.5 Å². The number of rotatable bonds is 4. The molecule has 112 valence electrons. The Bertz CT molecular complexity index is 794.